The number of nitrogens with zero attached hydrogens (tertiary/aromatic N) is 1. The maximum atomic E-state index is 13.6. The maximum absolute atomic E-state index is 13.6. The maximum Gasteiger partial charge on any atom is 0.405 e. The van der Waals surface area contributed by atoms with Gasteiger partial charge in [-0.25, -0.2) is 9.40 Å². The standard InChI is InChI=1S/C15H18F4N2O/c1-14(2)9-13(22)20-21(14)12(15(17,18)19)8-7-10-5-3-4-6-11(10)16/h3-6,12H,7-9H2,1-2H3,(H,20,22). The minimum absolute atomic E-state index is 0.000716. The Morgan fingerprint density at radius 2 is 1.95 bits per heavy atom. The first-order valence-corrected chi connectivity index (χ1v) is 7.00. The lowest BCUT2D eigenvalue weighted by Crippen LogP contribution is -2.56. The highest BCUT2D eigenvalue weighted by Crippen LogP contribution is 2.35. The monoisotopic (exact) mass is 318 g/mol. The number of hydrogen-bond donors (Lipinski definition) is 1. The minimum Gasteiger partial charge on any atom is -0.288 e. The molecule has 0 spiro atoms. The molecule has 122 valence electrons. The van der Waals surface area contributed by atoms with Crippen molar-refractivity contribution in [2.24, 2.45) is 0 Å². The smallest absolute Gasteiger partial charge is 0.288 e. The van der Waals surface area contributed by atoms with E-state index in [2.05, 4.69) is 5.43 Å². The van der Waals surface area contributed by atoms with Gasteiger partial charge >= 0.3 is 6.18 Å². The van der Waals surface area contributed by atoms with Gasteiger partial charge in [0.15, 0.2) is 0 Å². The summed E-state index contributed by atoms with van der Waals surface area (Å²) in [7, 11) is 0. The Labute approximate surface area is 126 Å². The van der Waals surface area contributed by atoms with Crippen LogP contribution in [-0.4, -0.2) is 28.7 Å². The molecule has 0 saturated carbocycles. The van der Waals surface area contributed by atoms with Crippen LogP contribution in [-0.2, 0) is 11.2 Å². The molecule has 22 heavy (non-hydrogen) atoms. The number of amides is 1. The normalized spacial score (nSPS) is 20.0. The number of hydrazine groups is 1. The first-order valence-electron chi connectivity index (χ1n) is 7.00. The molecule has 7 heteroatoms. The van der Waals surface area contributed by atoms with Crippen LogP contribution in [0.25, 0.3) is 0 Å². The van der Waals surface area contributed by atoms with Crippen LogP contribution >= 0.6 is 0 Å². The van der Waals surface area contributed by atoms with Gasteiger partial charge in [-0.05, 0) is 38.3 Å². The van der Waals surface area contributed by atoms with E-state index in [9.17, 15) is 22.4 Å². The molecular weight excluding hydrogens is 300 g/mol. The number of hydrogen-bond acceptors (Lipinski definition) is 2. The molecule has 0 aromatic heterocycles. The molecule has 1 aliphatic rings. The molecule has 0 radical (unpaired) electrons. The molecule has 1 aromatic carbocycles. The van der Waals surface area contributed by atoms with Gasteiger partial charge in [0.1, 0.15) is 11.9 Å². The summed E-state index contributed by atoms with van der Waals surface area (Å²) in [5.41, 5.74) is 1.58. The highest BCUT2D eigenvalue weighted by Gasteiger charge is 2.51. The zero-order valence-electron chi connectivity index (χ0n) is 12.4. The van der Waals surface area contributed by atoms with Crippen molar-refractivity contribution in [2.45, 2.75) is 50.9 Å². The van der Waals surface area contributed by atoms with E-state index in [0.29, 0.717) is 0 Å². The minimum atomic E-state index is -4.51. The summed E-state index contributed by atoms with van der Waals surface area (Å²) in [5.74, 6) is -0.960. The van der Waals surface area contributed by atoms with Crippen molar-refractivity contribution in [3.63, 3.8) is 0 Å². The fourth-order valence-corrected chi connectivity index (χ4v) is 2.74. The lowest BCUT2D eigenvalue weighted by Gasteiger charge is -2.37. The van der Waals surface area contributed by atoms with Crippen LogP contribution in [0.4, 0.5) is 17.6 Å². The molecule has 3 nitrogen and oxygen atoms in total. The summed E-state index contributed by atoms with van der Waals surface area (Å²) in [6.45, 7) is 3.15. The average Bonchev–Trinajstić information content (AvgIpc) is 2.63. The van der Waals surface area contributed by atoms with Gasteiger partial charge < -0.3 is 0 Å². The van der Waals surface area contributed by atoms with E-state index in [1.807, 2.05) is 0 Å². The number of carbonyl (C=O) groups is 1. The molecule has 1 aliphatic heterocycles. The number of rotatable bonds is 4. The van der Waals surface area contributed by atoms with Crippen LogP contribution in [0.2, 0.25) is 0 Å². The lowest BCUT2D eigenvalue weighted by molar-refractivity contribution is -0.202. The van der Waals surface area contributed by atoms with Gasteiger partial charge in [-0.3, -0.25) is 10.2 Å². The van der Waals surface area contributed by atoms with Gasteiger partial charge in [0.2, 0.25) is 5.91 Å². The SMILES string of the molecule is CC1(C)CC(=O)NN1C(CCc1ccccc1F)C(F)(F)F. The number of carbonyl (C=O) groups excluding carboxylic acids is 1. The van der Waals surface area contributed by atoms with Crippen LogP contribution in [0.1, 0.15) is 32.3 Å². The van der Waals surface area contributed by atoms with Crippen LogP contribution in [0, 0.1) is 5.82 Å². The summed E-state index contributed by atoms with van der Waals surface area (Å²) in [4.78, 5) is 11.4. The molecule has 1 N–H and O–H groups in total. The van der Waals surface area contributed by atoms with Crippen LogP contribution in [0.15, 0.2) is 24.3 Å². The molecular formula is C15H18F4N2O. The van der Waals surface area contributed by atoms with Crippen molar-refractivity contribution < 1.29 is 22.4 Å². The highest BCUT2D eigenvalue weighted by molar-refractivity contribution is 5.78. The first kappa shape index (κ1) is 16.7. The molecule has 1 fully saturated rings. The molecule has 0 bridgehead atoms. The van der Waals surface area contributed by atoms with Gasteiger partial charge in [-0.2, -0.15) is 13.2 Å². The Balaban J connectivity index is 2.18. The molecule has 1 amide bonds. The highest BCUT2D eigenvalue weighted by atomic mass is 19.4. The second-order valence-electron chi connectivity index (χ2n) is 6.08. The van der Waals surface area contributed by atoms with Crippen molar-refractivity contribution in [2.75, 3.05) is 0 Å². The zero-order valence-corrected chi connectivity index (χ0v) is 12.4. The van der Waals surface area contributed by atoms with Gasteiger partial charge in [-0.1, -0.05) is 18.2 Å². The fourth-order valence-electron chi connectivity index (χ4n) is 2.74. The van der Waals surface area contributed by atoms with E-state index in [0.717, 1.165) is 5.01 Å². The zero-order chi connectivity index (χ0) is 16.5. The third-order valence-electron chi connectivity index (χ3n) is 3.82. The van der Waals surface area contributed by atoms with Crippen LogP contribution in [0.5, 0.6) is 0 Å². The largest absolute Gasteiger partial charge is 0.405 e. The van der Waals surface area contributed by atoms with E-state index < -0.39 is 29.5 Å². The van der Waals surface area contributed by atoms with E-state index in [1.54, 1.807) is 19.9 Å². The summed E-state index contributed by atoms with van der Waals surface area (Å²) in [6.07, 6.45) is -4.90. The van der Waals surface area contributed by atoms with Crippen LogP contribution in [0.3, 0.4) is 0 Å². The molecule has 1 unspecified atom stereocenters. The fraction of sp³-hybridized carbons (Fsp3) is 0.533. The van der Waals surface area contributed by atoms with E-state index in [1.165, 1.54) is 18.2 Å². The molecule has 1 heterocycles. The van der Waals surface area contributed by atoms with Crippen molar-refractivity contribution in [3.05, 3.63) is 35.6 Å². The Morgan fingerprint density at radius 1 is 1.32 bits per heavy atom. The van der Waals surface area contributed by atoms with Crippen LogP contribution < -0.4 is 5.43 Å². The average molecular weight is 318 g/mol. The summed E-state index contributed by atoms with van der Waals surface area (Å²) in [5, 5.41) is 0.955. The topological polar surface area (TPSA) is 32.3 Å². The summed E-state index contributed by atoms with van der Waals surface area (Å²) >= 11 is 0. The predicted octanol–water partition coefficient (Wildman–Crippen LogP) is 3.20. The van der Waals surface area contributed by atoms with Gasteiger partial charge in [0.05, 0.1) is 0 Å². The number of nitrogens with one attached hydrogen (secondary N) is 1. The Bertz CT molecular complexity index is 557. The second-order valence-corrected chi connectivity index (χ2v) is 6.08. The van der Waals surface area contributed by atoms with E-state index in [4.69, 9.17) is 0 Å². The van der Waals surface area contributed by atoms with E-state index >= 15 is 0 Å². The molecule has 2 rings (SSSR count). The Kier molecular flexibility index (Phi) is 4.47. The predicted molar refractivity (Wildman–Crippen MR) is 73.2 cm³/mol. The van der Waals surface area contributed by atoms with Crippen molar-refractivity contribution in [3.8, 4) is 0 Å². The van der Waals surface area contributed by atoms with Crippen molar-refractivity contribution in [1.29, 1.82) is 0 Å². The quantitative estimate of drug-likeness (QED) is 0.865. The molecule has 1 saturated heterocycles. The molecule has 1 aromatic rings. The van der Waals surface area contributed by atoms with Gasteiger partial charge in [0.25, 0.3) is 0 Å². The second kappa shape index (κ2) is 5.87. The lowest BCUT2D eigenvalue weighted by atomic mass is 9.97. The Morgan fingerprint density at radius 3 is 2.45 bits per heavy atom. The van der Waals surface area contributed by atoms with Gasteiger partial charge in [-0.15, -0.1) is 0 Å². The molecule has 0 aliphatic carbocycles. The number of benzene rings is 1. The van der Waals surface area contributed by atoms with Crippen molar-refractivity contribution >= 4 is 5.91 Å². The van der Waals surface area contributed by atoms with Gasteiger partial charge in [0, 0.05) is 12.0 Å². The van der Waals surface area contributed by atoms with Crippen molar-refractivity contribution in [1.82, 2.24) is 10.4 Å². The number of halogens is 4. The third kappa shape index (κ3) is 3.58. The summed E-state index contributed by atoms with van der Waals surface area (Å²) in [6, 6.07) is 3.91. The van der Waals surface area contributed by atoms with E-state index in [-0.39, 0.29) is 24.8 Å². The number of aryl methyl sites for hydroxylation is 1. The number of alkyl halides is 3. The first-order chi connectivity index (χ1) is 10.1. The summed E-state index contributed by atoms with van der Waals surface area (Å²) < 4.78 is 53.6. The Hall–Kier alpha value is -1.63. The third-order valence-corrected chi connectivity index (χ3v) is 3.82. The molecule has 1 atom stereocenters.